The summed E-state index contributed by atoms with van der Waals surface area (Å²) in [5.74, 6) is 0.0981. The van der Waals surface area contributed by atoms with Gasteiger partial charge in [-0.3, -0.25) is 4.79 Å². The van der Waals surface area contributed by atoms with Crippen molar-refractivity contribution in [3.05, 3.63) is 0 Å². The highest BCUT2D eigenvalue weighted by molar-refractivity contribution is 5.85. The monoisotopic (exact) mass is 292 g/mol. The second-order valence-corrected chi connectivity index (χ2v) is 5.37. The van der Waals surface area contributed by atoms with Gasteiger partial charge in [0.05, 0.1) is 6.10 Å². The summed E-state index contributed by atoms with van der Waals surface area (Å²) in [6.07, 6.45) is 6.92. The zero-order valence-corrected chi connectivity index (χ0v) is 13.1. The maximum absolute atomic E-state index is 11.7. The van der Waals surface area contributed by atoms with Crippen molar-refractivity contribution in [1.29, 1.82) is 0 Å². The Hall–Kier alpha value is -0.320. The Morgan fingerprint density at radius 1 is 1.37 bits per heavy atom. The maximum Gasteiger partial charge on any atom is 0.220 e. The molecule has 0 aliphatic carbocycles. The molecule has 0 radical (unpaired) electrons. The van der Waals surface area contributed by atoms with Gasteiger partial charge in [0.15, 0.2) is 0 Å². The number of nitrogens with two attached hydrogens (primary N) is 1. The molecule has 1 aliphatic heterocycles. The lowest BCUT2D eigenvalue weighted by molar-refractivity contribution is -0.122. The number of hydrogen-bond donors (Lipinski definition) is 2. The third kappa shape index (κ3) is 7.14. The molecule has 0 bridgehead atoms. The molecule has 19 heavy (non-hydrogen) atoms. The van der Waals surface area contributed by atoms with E-state index in [2.05, 4.69) is 19.2 Å². The van der Waals surface area contributed by atoms with Crippen molar-refractivity contribution < 1.29 is 9.53 Å². The summed E-state index contributed by atoms with van der Waals surface area (Å²) < 4.78 is 5.61. The van der Waals surface area contributed by atoms with E-state index in [9.17, 15) is 4.79 Å². The van der Waals surface area contributed by atoms with Crippen LogP contribution in [-0.4, -0.2) is 30.7 Å². The van der Waals surface area contributed by atoms with Crippen LogP contribution in [0, 0.1) is 0 Å². The molecule has 114 valence electrons. The largest absolute Gasteiger partial charge is 0.378 e. The van der Waals surface area contributed by atoms with Crippen LogP contribution in [0.3, 0.4) is 0 Å². The molecule has 5 heteroatoms. The zero-order valence-electron chi connectivity index (χ0n) is 12.2. The summed E-state index contributed by atoms with van der Waals surface area (Å²) in [4.78, 5) is 11.7. The van der Waals surface area contributed by atoms with Crippen LogP contribution in [0.2, 0.25) is 0 Å². The van der Waals surface area contributed by atoms with Gasteiger partial charge in [-0.2, -0.15) is 0 Å². The van der Waals surface area contributed by atoms with Gasteiger partial charge in [0.2, 0.25) is 5.91 Å². The van der Waals surface area contributed by atoms with Crippen molar-refractivity contribution in [2.24, 2.45) is 5.73 Å². The van der Waals surface area contributed by atoms with Gasteiger partial charge in [-0.25, -0.2) is 0 Å². The third-order valence-electron chi connectivity index (χ3n) is 4.01. The molecule has 1 heterocycles. The molecule has 3 N–H and O–H groups in total. The van der Waals surface area contributed by atoms with E-state index in [1.54, 1.807) is 0 Å². The number of amides is 1. The third-order valence-corrected chi connectivity index (χ3v) is 4.01. The molecule has 0 saturated carbocycles. The molecule has 4 nitrogen and oxygen atoms in total. The fourth-order valence-electron chi connectivity index (χ4n) is 2.19. The first-order valence-electron chi connectivity index (χ1n) is 7.27. The first-order chi connectivity index (χ1) is 8.59. The minimum atomic E-state index is -0.253. The van der Waals surface area contributed by atoms with E-state index >= 15 is 0 Å². The normalized spacial score (nSPS) is 19.6. The van der Waals surface area contributed by atoms with Crippen LogP contribution in [0.25, 0.3) is 0 Å². The van der Waals surface area contributed by atoms with Crippen LogP contribution in [0.1, 0.15) is 58.8 Å². The number of rotatable bonds is 7. The SMILES string of the molecule is CCC(N)(CC)CNC(=O)CCC1CCCCO1.Cl. The molecule has 1 saturated heterocycles. The highest BCUT2D eigenvalue weighted by atomic mass is 35.5. The van der Waals surface area contributed by atoms with E-state index in [0.717, 1.165) is 38.7 Å². The van der Waals surface area contributed by atoms with Gasteiger partial charge in [-0.15, -0.1) is 12.4 Å². The minimum Gasteiger partial charge on any atom is -0.378 e. The van der Waals surface area contributed by atoms with Gasteiger partial charge in [-0.1, -0.05) is 13.8 Å². The number of ether oxygens (including phenoxy) is 1. The van der Waals surface area contributed by atoms with E-state index in [1.807, 2.05) is 0 Å². The van der Waals surface area contributed by atoms with Crippen molar-refractivity contribution in [2.75, 3.05) is 13.2 Å². The molecule has 0 aromatic heterocycles. The Morgan fingerprint density at radius 2 is 2.05 bits per heavy atom. The van der Waals surface area contributed by atoms with Gasteiger partial charge < -0.3 is 15.8 Å². The van der Waals surface area contributed by atoms with Gasteiger partial charge >= 0.3 is 0 Å². The molecule has 0 aromatic rings. The summed E-state index contributed by atoms with van der Waals surface area (Å²) in [5.41, 5.74) is 5.89. The second kappa shape index (κ2) is 9.56. The van der Waals surface area contributed by atoms with E-state index in [0.29, 0.717) is 13.0 Å². The molecule has 0 spiro atoms. The number of nitrogens with one attached hydrogen (secondary N) is 1. The topological polar surface area (TPSA) is 64.3 Å². The molecule has 1 unspecified atom stereocenters. The van der Waals surface area contributed by atoms with Gasteiger partial charge in [0.25, 0.3) is 0 Å². The first kappa shape index (κ1) is 18.7. The van der Waals surface area contributed by atoms with Crippen molar-refractivity contribution in [2.45, 2.75) is 70.4 Å². The van der Waals surface area contributed by atoms with Crippen LogP contribution in [0.5, 0.6) is 0 Å². The Kier molecular flexibility index (Phi) is 9.40. The molecule has 1 rings (SSSR count). The maximum atomic E-state index is 11.7. The number of carbonyl (C=O) groups excluding carboxylic acids is 1. The summed E-state index contributed by atoms with van der Waals surface area (Å²) in [7, 11) is 0. The lowest BCUT2D eigenvalue weighted by Crippen LogP contribution is -2.49. The predicted octanol–water partition coefficient (Wildman–Crippen LogP) is 2.39. The van der Waals surface area contributed by atoms with Gasteiger partial charge in [0, 0.05) is 25.1 Å². The molecule has 1 fully saturated rings. The molecular weight excluding hydrogens is 264 g/mol. The van der Waals surface area contributed by atoms with E-state index in [4.69, 9.17) is 10.5 Å². The highest BCUT2D eigenvalue weighted by Crippen LogP contribution is 2.17. The van der Waals surface area contributed by atoms with E-state index < -0.39 is 0 Å². The summed E-state index contributed by atoms with van der Waals surface area (Å²) in [6, 6.07) is 0. The molecule has 0 aromatic carbocycles. The summed E-state index contributed by atoms with van der Waals surface area (Å²) in [5, 5.41) is 2.95. The fraction of sp³-hybridized carbons (Fsp3) is 0.929. The smallest absolute Gasteiger partial charge is 0.220 e. The summed E-state index contributed by atoms with van der Waals surface area (Å²) in [6.45, 7) is 5.55. The van der Waals surface area contributed by atoms with Gasteiger partial charge in [0.1, 0.15) is 0 Å². The first-order valence-corrected chi connectivity index (χ1v) is 7.27. The lowest BCUT2D eigenvalue weighted by Gasteiger charge is -2.27. The Labute approximate surface area is 123 Å². The highest BCUT2D eigenvalue weighted by Gasteiger charge is 2.21. The molecule has 1 aliphatic rings. The average molecular weight is 293 g/mol. The van der Waals surface area contributed by atoms with E-state index in [-0.39, 0.29) is 30.0 Å². The molecule has 1 atom stereocenters. The van der Waals surface area contributed by atoms with Crippen LogP contribution in [0.4, 0.5) is 0 Å². The number of hydrogen-bond acceptors (Lipinski definition) is 3. The summed E-state index contributed by atoms with van der Waals surface area (Å²) >= 11 is 0. The van der Waals surface area contributed by atoms with Crippen LogP contribution >= 0.6 is 12.4 Å². The molecule has 1 amide bonds. The van der Waals surface area contributed by atoms with Crippen molar-refractivity contribution in [3.63, 3.8) is 0 Å². The van der Waals surface area contributed by atoms with Crippen molar-refractivity contribution in [1.82, 2.24) is 5.32 Å². The van der Waals surface area contributed by atoms with Crippen molar-refractivity contribution >= 4 is 18.3 Å². The average Bonchev–Trinajstić information content (AvgIpc) is 2.43. The fourth-order valence-corrected chi connectivity index (χ4v) is 2.19. The van der Waals surface area contributed by atoms with Crippen LogP contribution < -0.4 is 11.1 Å². The van der Waals surface area contributed by atoms with E-state index in [1.165, 1.54) is 6.42 Å². The predicted molar refractivity (Wildman–Crippen MR) is 80.6 cm³/mol. The number of carbonyl (C=O) groups is 1. The minimum absolute atomic E-state index is 0. The Bertz CT molecular complexity index is 252. The quantitative estimate of drug-likeness (QED) is 0.757. The zero-order chi connectivity index (χ0) is 13.4. The van der Waals surface area contributed by atoms with Gasteiger partial charge in [-0.05, 0) is 38.5 Å². The van der Waals surface area contributed by atoms with Crippen LogP contribution in [-0.2, 0) is 9.53 Å². The Balaban J connectivity index is 0.00000324. The standard InChI is InChI=1S/C14H28N2O2.ClH/c1-3-14(15,4-2)11-16-13(17)9-8-12-7-5-6-10-18-12;/h12H,3-11,15H2,1-2H3,(H,16,17);1H. The second-order valence-electron chi connectivity index (χ2n) is 5.37. The van der Waals surface area contributed by atoms with Crippen LogP contribution in [0.15, 0.2) is 0 Å². The lowest BCUT2D eigenvalue weighted by atomic mass is 9.94. The Morgan fingerprint density at radius 3 is 2.58 bits per heavy atom. The molecular formula is C14H29ClN2O2. The number of halogens is 1. The van der Waals surface area contributed by atoms with Crippen molar-refractivity contribution in [3.8, 4) is 0 Å².